The van der Waals surface area contributed by atoms with E-state index in [0.717, 1.165) is 16.5 Å². The number of aromatic nitrogens is 2. The quantitative estimate of drug-likeness (QED) is 0.181. The van der Waals surface area contributed by atoms with Crippen molar-refractivity contribution in [2.45, 2.75) is 24.2 Å². The monoisotopic (exact) mass is 537 g/mol. The molecule has 180 valence electrons. The van der Waals surface area contributed by atoms with E-state index in [2.05, 4.69) is 9.97 Å². The van der Waals surface area contributed by atoms with Crippen LogP contribution in [0.15, 0.2) is 84.2 Å². The molecule has 4 heterocycles. The highest BCUT2D eigenvalue weighted by Gasteiger charge is 2.64. The first-order valence-corrected chi connectivity index (χ1v) is 12.3. The number of carbonyl (C=O) groups excluding carboxylic acids is 1. The second-order valence-electron chi connectivity index (χ2n) is 8.62. The number of alkyl halides is 1. The molecular weight excluding hydrogens is 521 g/mol. The van der Waals surface area contributed by atoms with Crippen LogP contribution in [0, 0.1) is 0 Å². The van der Waals surface area contributed by atoms with Crippen LogP contribution in [0.2, 0.25) is 10.2 Å². The minimum atomic E-state index is -1.08. The number of rotatable bonds is 4. The fourth-order valence-corrected chi connectivity index (χ4v) is 5.24. The van der Waals surface area contributed by atoms with Crippen LogP contribution in [0.1, 0.15) is 24.3 Å². The van der Waals surface area contributed by atoms with Crippen molar-refractivity contribution in [3.8, 4) is 0 Å². The summed E-state index contributed by atoms with van der Waals surface area (Å²) in [5.74, 6) is 0.0997. The van der Waals surface area contributed by atoms with Crippen LogP contribution in [0.5, 0.6) is 0 Å². The van der Waals surface area contributed by atoms with E-state index in [0.29, 0.717) is 22.2 Å². The maximum atomic E-state index is 13.1. The van der Waals surface area contributed by atoms with Crippen molar-refractivity contribution < 1.29 is 9.53 Å². The predicted molar refractivity (Wildman–Crippen MR) is 140 cm³/mol. The molecule has 2 aliphatic rings. The molecule has 3 atom stereocenters. The molecule has 1 saturated heterocycles. The van der Waals surface area contributed by atoms with E-state index < -0.39 is 17.3 Å². The van der Waals surface area contributed by atoms with Crippen molar-refractivity contribution in [3.63, 3.8) is 0 Å². The zero-order chi connectivity index (χ0) is 25.0. The van der Waals surface area contributed by atoms with Gasteiger partial charge in [-0.2, -0.15) is 0 Å². The number of halogens is 3. The Bertz CT molecular complexity index is 1520. The van der Waals surface area contributed by atoms with Gasteiger partial charge in [0.2, 0.25) is 12.1 Å². The Balaban J connectivity index is 1.50. The van der Waals surface area contributed by atoms with E-state index in [4.69, 9.17) is 44.6 Å². The predicted octanol–water partition coefficient (Wildman–Crippen LogP) is 6.00. The van der Waals surface area contributed by atoms with Crippen molar-refractivity contribution in [2.75, 3.05) is 4.90 Å². The van der Waals surface area contributed by atoms with Crippen LogP contribution in [0.4, 0.5) is 5.69 Å². The second-order valence-corrected chi connectivity index (χ2v) is 9.85. The molecule has 1 fully saturated rings. The molecule has 0 spiro atoms. The van der Waals surface area contributed by atoms with Gasteiger partial charge in [-0.3, -0.25) is 14.7 Å². The number of hydrogen-bond donors (Lipinski definition) is 0. The van der Waals surface area contributed by atoms with Gasteiger partial charge in [0.05, 0.1) is 11.1 Å². The molecule has 4 aromatic rings. The van der Waals surface area contributed by atoms with Gasteiger partial charge in [0.15, 0.2) is 11.0 Å². The summed E-state index contributed by atoms with van der Waals surface area (Å²) in [7, 11) is 0. The fourth-order valence-electron chi connectivity index (χ4n) is 4.58. The highest BCUT2D eigenvalue weighted by Crippen LogP contribution is 2.49. The Morgan fingerprint density at radius 3 is 2.47 bits per heavy atom. The average molecular weight is 539 g/mol. The van der Waals surface area contributed by atoms with Gasteiger partial charge in [-0.05, 0) is 55.5 Å². The number of hydrogen-bond acceptors (Lipinski definition) is 6. The number of nitrogens with zero attached hydrogens (tertiary/aromatic N) is 5. The number of anilines is 1. The molecule has 6 rings (SSSR count). The summed E-state index contributed by atoms with van der Waals surface area (Å²) in [4.78, 5) is 23.3. The van der Waals surface area contributed by atoms with Gasteiger partial charge in [0.1, 0.15) is 5.15 Å². The summed E-state index contributed by atoms with van der Waals surface area (Å²) >= 11 is 19.5. The fraction of sp³-hybridized carbons (Fsp3) is 0.154. The van der Waals surface area contributed by atoms with Crippen molar-refractivity contribution >= 4 is 63.2 Å². The van der Waals surface area contributed by atoms with Crippen molar-refractivity contribution in [1.29, 1.82) is 0 Å². The first-order valence-electron chi connectivity index (χ1n) is 11.1. The average Bonchev–Trinajstić information content (AvgIpc) is 3.35. The lowest BCUT2D eigenvalue weighted by Crippen LogP contribution is -2.77. The third-order valence-corrected chi connectivity index (χ3v) is 7.62. The van der Waals surface area contributed by atoms with E-state index in [1.807, 2.05) is 37.3 Å². The molecule has 2 aliphatic heterocycles. The molecule has 0 radical (unpaired) electrons. The summed E-state index contributed by atoms with van der Waals surface area (Å²) in [5, 5.41) is 7.34. The molecule has 1 amide bonds. The highest BCUT2D eigenvalue weighted by atomic mass is 35.5. The van der Waals surface area contributed by atoms with Gasteiger partial charge in [0.25, 0.3) is 5.91 Å². The number of amides is 1. The minimum absolute atomic E-state index is 0.254. The number of benzene rings is 2. The van der Waals surface area contributed by atoms with E-state index >= 15 is 0 Å². The third-order valence-electron chi connectivity index (χ3n) is 6.46. The molecule has 0 N–H and O–H groups in total. The van der Waals surface area contributed by atoms with Crippen LogP contribution in [-0.4, -0.2) is 37.8 Å². The summed E-state index contributed by atoms with van der Waals surface area (Å²) in [6.07, 6.45) is 2.51. The van der Waals surface area contributed by atoms with Crippen LogP contribution in [-0.2, 0) is 9.53 Å². The van der Waals surface area contributed by atoms with Gasteiger partial charge in [-0.25, -0.2) is 9.99 Å². The number of hydrazone groups is 1. The lowest BCUT2D eigenvalue weighted by atomic mass is 9.91. The Hall–Kier alpha value is -3.39. The van der Waals surface area contributed by atoms with Crippen molar-refractivity contribution in [1.82, 2.24) is 15.0 Å². The molecule has 10 heteroatoms. The zero-order valence-corrected chi connectivity index (χ0v) is 21.1. The normalized spacial score (nSPS) is 23.4. The lowest BCUT2D eigenvalue weighted by molar-refractivity contribution is -0.138. The summed E-state index contributed by atoms with van der Waals surface area (Å²) in [6, 6.07) is 20.2. The van der Waals surface area contributed by atoms with Crippen LogP contribution in [0.3, 0.4) is 0 Å². The number of ether oxygens (including phenoxy) is 1. The van der Waals surface area contributed by atoms with Crippen LogP contribution in [0.25, 0.3) is 10.9 Å². The maximum Gasteiger partial charge on any atom is 0.251 e. The molecule has 0 aliphatic carbocycles. The maximum absolute atomic E-state index is 13.1. The Morgan fingerprint density at radius 2 is 1.72 bits per heavy atom. The minimum Gasteiger partial charge on any atom is -0.446 e. The Labute approximate surface area is 221 Å². The van der Waals surface area contributed by atoms with E-state index in [-0.39, 0.29) is 11.1 Å². The van der Waals surface area contributed by atoms with Gasteiger partial charge in [-0.15, -0.1) is 16.7 Å². The van der Waals surface area contributed by atoms with Gasteiger partial charge in [-0.1, -0.05) is 41.4 Å². The topological polar surface area (TPSA) is 70.9 Å². The SMILES string of the molecule is CC1(N2N=C(c3ccncc3)OC2c2cc3ccccc3nc2Cl)C(Cl)C(=O)N1c1ccc(Cl)cc1. The standard InChI is InChI=1S/C26H18Cl3N5O2/c1-26(21(28)24(35)33(26)18-8-6-17(27)7-9-18)34-25(36-23(32-34)15-10-12-30-13-11-15)19-14-16-4-2-3-5-20(16)31-22(19)29/h2-14,21,25H,1H3. The van der Waals surface area contributed by atoms with Crippen molar-refractivity contribution in [3.05, 3.63) is 100 Å². The summed E-state index contributed by atoms with van der Waals surface area (Å²) < 4.78 is 6.39. The molecule has 0 bridgehead atoms. The molecule has 36 heavy (non-hydrogen) atoms. The van der Waals surface area contributed by atoms with E-state index in [1.165, 1.54) is 0 Å². The van der Waals surface area contributed by atoms with Crippen LogP contribution >= 0.6 is 34.8 Å². The summed E-state index contributed by atoms with van der Waals surface area (Å²) in [6.45, 7) is 1.85. The smallest absolute Gasteiger partial charge is 0.251 e. The highest BCUT2D eigenvalue weighted by molar-refractivity contribution is 6.38. The molecule has 3 unspecified atom stereocenters. The van der Waals surface area contributed by atoms with Gasteiger partial charge >= 0.3 is 0 Å². The molecule has 2 aromatic carbocycles. The number of pyridine rings is 2. The first-order chi connectivity index (χ1) is 17.4. The Morgan fingerprint density at radius 1 is 1.00 bits per heavy atom. The van der Waals surface area contributed by atoms with E-state index in [1.54, 1.807) is 58.7 Å². The van der Waals surface area contributed by atoms with Crippen molar-refractivity contribution in [2.24, 2.45) is 5.10 Å². The third kappa shape index (κ3) is 3.50. The molecule has 7 nitrogen and oxygen atoms in total. The van der Waals surface area contributed by atoms with Gasteiger partial charge < -0.3 is 4.74 Å². The molecule has 0 saturated carbocycles. The largest absolute Gasteiger partial charge is 0.446 e. The lowest BCUT2D eigenvalue weighted by Gasteiger charge is -2.56. The number of fused-ring (bicyclic) bond motifs is 1. The zero-order valence-electron chi connectivity index (χ0n) is 18.8. The molecular formula is C26H18Cl3N5O2. The molecule has 2 aromatic heterocycles. The summed E-state index contributed by atoms with van der Waals surface area (Å²) in [5.41, 5.74) is 1.64. The first kappa shape index (κ1) is 23.0. The number of para-hydroxylation sites is 1. The number of carbonyl (C=O) groups is 1. The Kier molecular flexibility index (Phi) is 5.52. The van der Waals surface area contributed by atoms with Crippen LogP contribution < -0.4 is 4.90 Å². The van der Waals surface area contributed by atoms with E-state index in [9.17, 15) is 4.79 Å². The number of β-lactam (4-membered cyclic amide) rings is 1. The van der Waals surface area contributed by atoms with Gasteiger partial charge in [0, 0.05) is 34.1 Å². The second kappa shape index (κ2) is 8.62.